The van der Waals surface area contributed by atoms with E-state index in [1.54, 1.807) is 49.4 Å². The van der Waals surface area contributed by atoms with Crippen molar-refractivity contribution in [2.45, 2.75) is 36.9 Å². The smallest absolute Gasteiger partial charge is 0.390 e. The topological polar surface area (TPSA) is 173 Å². The summed E-state index contributed by atoms with van der Waals surface area (Å²) in [4.78, 5) is 18.7. The first-order valence-electron chi connectivity index (χ1n) is 12.6. The van der Waals surface area contributed by atoms with Gasteiger partial charge in [0.1, 0.15) is 5.01 Å². The summed E-state index contributed by atoms with van der Waals surface area (Å²) in [5, 5.41) is 15.3. The van der Waals surface area contributed by atoms with E-state index in [1.807, 2.05) is 4.72 Å². The van der Waals surface area contributed by atoms with E-state index in [9.17, 15) is 39.9 Å². The Morgan fingerprint density at radius 1 is 1.19 bits per heavy atom. The molecule has 43 heavy (non-hydrogen) atoms. The highest BCUT2D eigenvalue weighted by Gasteiger charge is 2.41. The molecule has 12 nitrogen and oxygen atoms in total. The lowest BCUT2D eigenvalue weighted by Crippen LogP contribution is -2.61. The van der Waals surface area contributed by atoms with E-state index in [1.165, 1.54) is 4.90 Å². The number of hydrogen-bond donors (Lipinski definition) is 3. The minimum atomic E-state index is -4.74. The molecule has 0 spiro atoms. The van der Waals surface area contributed by atoms with Crippen LogP contribution in [0.2, 0.25) is 0 Å². The van der Waals surface area contributed by atoms with Gasteiger partial charge in [0.2, 0.25) is 22.7 Å². The molecule has 2 aromatic carbocycles. The Balaban J connectivity index is 1.48. The zero-order chi connectivity index (χ0) is 31.2. The Morgan fingerprint density at radius 2 is 1.91 bits per heavy atom. The maximum atomic E-state index is 13.2. The molecule has 0 saturated carbocycles. The summed E-state index contributed by atoms with van der Waals surface area (Å²) in [5.74, 6) is -2.34. The first-order chi connectivity index (χ1) is 20.1. The lowest BCUT2D eigenvalue weighted by Gasteiger charge is -2.44. The van der Waals surface area contributed by atoms with E-state index >= 15 is 0 Å². The lowest BCUT2D eigenvalue weighted by molar-refractivity contribution is -0.129. The van der Waals surface area contributed by atoms with Crippen LogP contribution in [0.15, 0.2) is 46.9 Å². The summed E-state index contributed by atoms with van der Waals surface area (Å²) in [6.07, 6.45) is -6.35. The van der Waals surface area contributed by atoms with Gasteiger partial charge in [0.05, 0.1) is 47.6 Å². The quantitative estimate of drug-likeness (QED) is 0.215. The van der Waals surface area contributed by atoms with Crippen molar-refractivity contribution >= 4 is 48.2 Å². The van der Waals surface area contributed by atoms with Crippen LogP contribution in [0, 0.1) is 0 Å². The number of sulfone groups is 1. The van der Waals surface area contributed by atoms with Gasteiger partial charge in [-0.15, -0.1) is 21.5 Å². The molecular weight excluding hydrogens is 635 g/mol. The molecule has 1 aliphatic rings. The number of hydrogen-bond acceptors (Lipinski definition) is 11. The number of halogens is 3. The van der Waals surface area contributed by atoms with Crippen LogP contribution in [0.25, 0.3) is 21.3 Å². The third kappa shape index (κ3) is 7.20. The number of amides is 1. The highest BCUT2D eigenvalue weighted by atomic mass is 32.2. The van der Waals surface area contributed by atoms with Gasteiger partial charge in [-0.3, -0.25) is 4.79 Å². The molecule has 2 aromatic heterocycles. The molecule has 1 atom stereocenters. The highest BCUT2D eigenvalue weighted by molar-refractivity contribution is 7.92. The fourth-order valence-electron chi connectivity index (χ4n) is 4.53. The summed E-state index contributed by atoms with van der Waals surface area (Å²) < 4.78 is 94.8. The summed E-state index contributed by atoms with van der Waals surface area (Å²) in [6.45, 7) is 1.64. The number of carbonyl (C=O) groups is 1. The Hall–Kier alpha value is -3.45. The minimum absolute atomic E-state index is 0.110. The molecule has 230 valence electrons. The van der Waals surface area contributed by atoms with Crippen molar-refractivity contribution in [3.63, 3.8) is 0 Å². The number of benzene rings is 2. The van der Waals surface area contributed by atoms with E-state index in [4.69, 9.17) is 4.42 Å². The van der Waals surface area contributed by atoms with Crippen LogP contribution in [0.3, 0.4) is 0 Å². The van der Waals surface area contributed by atoms with Crippen molar-refractivity contribution < 1.29 is 44.3 Å². The van der Waals surface area contributed by atoms with Crippen molar-refractivity contribution in [1.82, 2.24) is 24.8 Å². The van der Waals surface area contributed by atoms with E-state index in [-0.39, 0.29) is 29.9 Å². The maximum Gasteiger partial charge on any atom is 0.390 e. The van der Waals surface area contributed by atoms with Crippen LogP contribution in [0.1, 0.15) is 45.7 Å². The number of thiazole rings is 1. The predicted molar refractivity (Wildman–Crippen MR) is 149 cm³/mol. The van der Waals surface area contributed by atoms with Crippen LogP contribution >= 0.6 is 11.3 Å². The van der Waals surface area contributed by atoms with Crippen molar-refractivity contribution in [3.05, 3.63) is 64.8 Å². The second-order valence-corrected chi connectivity index (χ2v) is 14.3. The van der Waals surface area contributed by atoms with Crippen molar-refractivity contribution in [2.75, 3.05) is 18.8 Å². The first-order valence-corrected chi connectivity index (χ1v) is 16.3. The summed E-state index contributed by atoms with van der Waals surface area (Å²) in [6, 6.07) is 11.9. The molecule has 1 saturated heterocycles. The van der Waals surface area contributed by atoms with Gasteiger partial charge in [0.15, 0.2) is 15.1 Å². The van der Waals surface area contributed by atoms with Gasteiger partial charge in [-0.25, -0.2) is 26.5 Å². The van der Waals surface area contributed by atoms with Crippen LogP contribution in [0.4, 0.5) is 13.2 Å². The number of nitrogens with one attached hydrogen (secondary N) is 1. The van der Waals surface area contributed by atoms with E-state index in [2.05, 4.69) is 15.2 Å². The number of nitrogens with zero attached hydrogens (tertiary/aromatic N) is 4. The summed E-state index contributed by atoms with van der Waals surface area (Å²) >= 11 is 0.910. The number of rotatable bonds is 10. The third-order valence-corrected chi connectivity index (χ3v) is 10.1. The van der Waals surface area contributed by atoms with Gasteiger partial charge in [0, 0.05) is 5.56 Å². The largest absolute Gasteiger partial charge is 0.422 e. The Morgan fingerprint density at radius 3 is 2.58 bits per heavy atom. The van der Waals surface area contributed by atoms with Crippen LogP contribution in [0.5, 0.6) is 0 Å². The first kappa shape index (κ1) is 31.0. The minimum Gasteiger partial charge on any atom is -0.422 e. The Bertz CT molecular complexity index is 1850. The van der Waals surface area contributed by atoms with E-state index in [0.29, 0.717) is 26.9 Å². The SMILES string of the molecule is CC1(O)CN(C(=O)c2cccc(-c3ccc4nc(C(c5nnc(CN[SH](=O)=O)o5)S(=O)(=O)CCC(F)(F)F)sc4c3)c2)C1. The molecule has 1 amide bonds. The van der Waals surface area contributed by atoms with Gasteiger partial charge in [-0.05, 0) is 42.3 Å². The number of likely N-dealkylation sites (tertiary alicyclic amines) is 1. The van der Waals surface area contributed by atoms with Crippen LogP contribution < -0.4 is 4.72 Å². The molecule has 3 heterocycles. The van der Waals surface area contributed by atoms with Crippen molar-refractivity contribution in [2.24, 2.45) is 0 Å². The van der Waals surface area contributed by atoms with Gasteiger partial charge >= 0.3 is 6.18 Å². The van der Waals surface area contributed by atoms with Gasteiger partial charge in [-0.2, -0.15) is 13.2 Å². The fourth-order valence-corrected chi connectivity index (χ4v) is 7.88. The molecule has 18 heteroatoms. The molecule has 0 aliphatic carbocycles. The number of fused-ring (bicyclic) bond motifs is 1. The molecule has 4 aromatic rings. The van der Waals surface area contributed by atoms with E-state index in [0.717, 1.165) is 11.3 Å². The molecular formula is C25H24F3N5O7S3. The van der Waals surface area contributed by atoms with E-state index < -0.39 is 62.4 Å². The predicted octanol–water partition coefficient (Wildman–Crippen LogP) is 2.63. The summed E-state index contributed by atoms with van der Waals surface area (Å²) in [7, 11) is -7.61. The average Bonchev–Trinajstić information content (AvgIpc) is 3.55. The van der Waals surface area contributed by atoms with Gasteiger partial charge in [-0.1, -0.05) is 18.2 Å². The number of alkyl halides is 3. The van der Waals surface area contributed by atoms with Gasteiger partial charge in [0.25, 0.3) is 5.91 Å². The fraction of sp³-hybridized carbons (Fsp3) is 0.360. The molecule has 1 fully saturated rings. The number of β-amino-alcohol motifs (C(OH)–C–C–N with tert-alkyl or cyclic N) is 1. The number of aliphatic hydroxyl groups is 1. The molecule has 1 aliphatic heterocycles. The monoisotopic (exact) mass is 659 g/mol. The average molecular weight is 660 g/mol. The number of aromatic nitrogens is 3. The Kier molecular flexibility index (Phi) is 8.34. The second kappa shape index (κ2) is 11.6. The molecule has 5 rings (SSSR count). The van der Waals surface area contributed by atoms with Crippen molar-refractivity contribution in [3.8, 4) is 11.1 Å². The molecule has 1 unspecified atom stereocenters. The lowest BCUT2D eigenvalue weighted by atomic mass is 9.95. The molecule has 0 bridgehead atoms. The summed E-state index contributed by atoms with van der Waals surface area (Å²) in [5.41, 5.74) is 1.20. The maximum absolute atomic E-state index is 13.2. The van der Waals surface area contributed by atoms with Crippen LogP contribution in [-0.2, 0) is 27.3 Å². The van der Waals surface area contributed by atoms with Crippen LogP contribution in [-0.4, -0.2) is 78.6 Å². The normalized spacial score (nSPS) is 16.0. The highest BCUT2D eigenvalue weighted by Crippen LogP contribution is 2.38. The van der Waals surface area contributed by atoms with Crippen molar-refractivity contribution in [1.29, 1.82) is 0 Å². The van der Waals surface area contributed by atoms with Gasteiger partial charge < -0.3 is 14.4 Å². The standard InChI is InChI=1S/C25H24F3N5O7S3/c1-24(35)12-33(13-24)23(34)16-4-2-3-14(9-16)15-5-6-17-18(10-15)41-22(30-17)20(43(38,39)8-7-25(26,27)28)21-32-31-19(40-21)11-29-42(36)37/h2-6,9-10,20,35,42H,7-8,11-13H2,1H3,(H,29,36,37). The second-order valence-electron chi connectivity index (χ2n) is 10.2. The zero-order valence-electron chi connectivity index (χ0n) is 22.2. The number of thiol groups is 1. The zero-order valence-corrected chi connectivity index (χ0v) is 24.8. The Labute approximate surface area is 248 Å². The molecule has 2 N–H and O–H groups in total. The molecule has 0 radical (unpaired) electrons. The third-order valence-electron chi connectivity index (χ3n) is 6.52. The number of carbonyl (C=O) groups excluding carboxylic acids is 1.